The molecule has 3 rings (SSSR count). The lowest BCUT2D eigenvalue weighted by molar-refractivity contribution is -0.103. The molecule has 0 spiro atoms. The van der Waals surface area contributed by atoms with Gasteiger partial charge in [-0.2, -0.15) is 0 Å². The highest BCUT2D eigenvalue weighted by Gasteiger charge is 2.18. The van der Waals surface area contributed by atoms with E-state index in [4.69, 9.17) is 9.47 Å². The predicted molar refractivity (Wildman–Crippen MR) is 96.8 cm³/mol. The second kappa shape index (κ2) is 7.60. The summed E-state index contributed by atoms with van der Waals surface area (Å²) in [6.45, 7) is 0. The summed E-state index contributed by atoms with van der Waals surface area (Å²) in [6.07, 6.45) is 0.773. The number of hydrogen-bond acceptors (Lipinski definition) is 6. The van der Waals surface area contributed by atoms with E-state index in [0.29, 0.717) is 11.4 Å². The summed E-state index contributed by atoms with van der Waals surface area (Å²) in [4.78, 5) is 12.0. The largest absolute Gasteiger partial charge is 0.497 e. The Morgan fingerprint density at radius 1 is 0.923 bits per heavy atom. The van der Waals surface area contributed by atoms with Crippen molar-refractivity contribution in [2.45, 2.75) is 0 Å². The minimum absolute atomic E-state index is 0.390. The lowest BCUT2D eigenvalue weighted by atomic mass is 9.93. The van der Waals surface area contributed by atoms with E-state index in [1.165, 1.54) is 4.68 Å². The zero-order valence-electron chi connectivity index (χ0n) is 14.7. The highest BCUT2D eigenvalue weighted by Crippen LogP contribution is 2.32. The van der Waals surface area contributed by atoms with Gasteiger partial charge in [-0.05, 0) is 45.8 Å². The molecule has 0 radical (unpaired) electrons. The molecule has 0 unspecified atom stereocenters. The number of allylic oxidation sites excluding steroid dienone is 1. The van der Waals surface area contributed by atoms with Crippen molar-refractivity contribution in [2.24, 2.45) is 7.05 Å². The number of benzene rings is 2. The number of carbonyl (C=O) groups excluding carboxylic acids is 1. The summed E-state index contributed by atoms with van der Waals surface area (Å²) < 4.78 is 11.9. The summed E-state index contributed by atoms with van der Waals surface area (Å²) in [7, 11) is 4.91. The Bertz CT molecular complexity index is 879. The molecule has 1 heterocycles. The SMILES string of the molecule is COc1ccc(C(=C(C=O)c2nnnn2C)c2ccc(OC)cc2)cc1. The fourth-order valence-corrected chi connectivity index (χ4v) is 2.67. The lowest BCUT2D eigenvalue weighted by Crippen LogP contribution is -2.04. The van der Waals surface area contributed by atoms with Gasteiger partial charge in [0, 0.05) is 12.6 Å². The summed E-state index contributed by atoms with van der Waals surface area (Å²) >= 11 is 0. The number of aromatic nitrogens is 4. The predicted octanol–water partition coefficient (Wildman–Crippen LogP) is 2.39. The number of ether oxygens (including phenoxy) is 2. The molecule has 132 valence electrons. The molecule has 0 saturated carbocycles. The van der Waals surface area contributed by atoms with Crippen molar-refractivity contribution in [2.75, 3.05) is 14.2 Å². The Morgan fingerprint density at radius 2 is 1.42 bits per heavy atom. The van der Waals surface area contributed by atoms with Crippen LogP contribution in [-0.4, -0.2) is 40.7 Å². The minimum atomic E-state index is 0.390. The molecule has 7 heteroatoms. The molecule has 0 atom stereocenters. The summed E-state index contributed by atoms with van der Waals surface area (Å²) in [5.41, 5.74) is 2.82. The van der Waals surface area contributed by atoms with Crippen LogP contribution in [0.4, 0.5) is 0 Å². The Labute approximate surface area is 150 Å². The van der Waals surface area contributed by atoms with Crippen LogP contribution in [0.2, 0.25) is 0 Å². The van der Waals surface area contributed by atoms with E-state index in [1.54, 1.807) is 21.3 Å². The van der Waals surface area contributed by atoms with Crippen molar-refractivity contribution in [1.82, 2.24) is 20.2 Å². The monoisotopic (exact) mass is 350 g/mol. The molecular weight excluding hydrogens is 332 g/mol. The van der Waals surface area contributed by atoms with Gasteiger partial charge < -0.3 is 9.47 Å². The maximum atomic E-state index is 12.0. The molecule has 7 nitrogen and oxygen atoms in total. The third-order valence-corrected chi connectivity index (χ3v) is 4.01. The topological polar surface area (TPSA) is 79.1 Å². The molecule has 0 bridgehead atoms. The first-order valence-corrected chi connectivity index (χ1v) is 7.89. The molecule has 0 aliphatic carbocycles. The zero-order valence-corrected chi connectivity index (χ0v) is 14.7. The van der Waals surface area contributed by atoms with Crippen LogP contribution in [0, 0.1) is 0 Å². The second-order valence-corrected chi connectivity index (χ2v) is 5.49. The number of hydrogen-bond donors (Lipinski definition) is 0. The summed E-state index contributed by atoms with van der Waals surface area (Å²) in [6, 6.07) is 15.0. The average molecular weight is 350 g/mol. The van der Waals surface area contributed by atoms with Gasteiger partial charge in [-0.1, -0.05) is 24.3 Å². The third-order valence-electron chi connectivity index (χ3n) is 4.01. The molecule has 3 aromatic rings. The highest BCUT2D eigenvalue weighted by molar-refractivity contribution is 6.19. The van der Waals surface area contributed by atoms with E-state index < -0.39 is 0 Å². The Morgan fingerprint density at radius 3 is 1.77 bits per heavy atom. The molecule has 1 aromatic heterocycles. The van der Waals surface area contributed by atoms with E-state index in [0.717, 1.165) is 34.5 Å². The first-order valence-electron chi connectivity index (χ1n) is 7.89. The number of aryl methyl sites for hydroxylation is 1. The van der Waals surface area contributed by atoms with Crippen LogP contribution in [0.5, 0.6) is 11.5 Å². The van der Waals surface area contributed by atoms with Crippen molar-refractivity contribution in [3.8, 4) is 11.5 Å². The van der Waals surface area contributed by atoms with Gasteiger partial charge in [0.05, 0.1) is 19.8 Å². The van der Waals surface area contributed by atoms with Crippen LogP contribution in [0.25, 0.3) is 11.1 Å². The van der Waals surface area contributed by atoms with E-state index in [2.05, 4.69) is 15.5 Å². The number of carbonyl (C=O) groups is 1. The normalized spacial score (nSPS) is 10.3. The molecule has 0 saturated heterocycles. The fourth-order valence-electron chi connectivity index (χ4n) is 2.67. The van der Waals surface area contributed by atoms with Gasteiger partial charge in [-0.25, -0.2) is 4.68 Å². The van der Waals surface area contributed by atoms with Crippen LogP contribution < -0.4 is 9.47 Å². The average Bonchev–Trinajstić information content (AvgIpc) is 3.12. The second-order valence-electron chi connectivity index (χ2n) is 5.49. The van der Waals surface area contributed by atoms with Crippen LogP contribution in [0.15, 0.2) is 48.5 Å². The molecule has 0 amide bonds. The number of aldehydes is 1. The molecule has 0 aliphatic rings. The van der Waals surface area contributed by atoms with Crippen molar-refractivity contribution < 1.29 is 14.3 Å². The quantitative estimate of drug-likeness (QED) is 0.502. The molecule has 0 fully saturated rings. The van der Waals surface area contributed by atoms with Gasteiger partial charge >= 0.3 is 0 Å². The standard InChI is InChI=1S/C19H18N4O3/c1-23-19(20-21-22-23)17(12-24)18(13-4-8-15(25-2)9-5-13)14-6-10-16(26-3)11-7-14/h4-12H,1-3H3. The lowest BCUT2D eigenvalue weighted by Gasteiger charge is -2.13. The van der Waals surface area contributed by atoms with Crippen molar-refractivity contribution in [3.05, 3.63) is 65.5 Å². The van der Waals surface area contributed by atoms with Crippen LogP contribution in [0.3, 0.4) is 0 Å². The van der Waals surface area contributed by atoms with Crippen LogP contribution in [0.1, 0.15) is 17.0 Å². The first kappa shape index (κ1) is 17.3. The van der Waals surface area contributed by atoms with Gasteiger partial charge in [0.25, 0.3) is 0 Å². The van der Waals surface area contributed by atoms with Crippen molar-refractivity contribution >= 4 is 17.4 Å². The first-order chi connectivity index (χ1) is 12.7. The van der Waals surface area contributed by atoms with Gasteiger partial charge in [-0.3, -0.25) is 4.79 Å². The van der Waals surface area contributed by atoms with Gasteiger partial charge in [0.15, 0.2) is 12.1 Å². The smallest absolute Gasteiger partial charge is 0.185 e. The summed E-state index contributed by atoms with van der Waals surface area (Å²) in [5.74, 6) is 1.85. The van der Waals surface area contributed by atoms with Crippen molar-refractivity contribution in [1.29, 1.82) is 0 Å². The fraction of sp³-hybridized carbons (Fsp3) is 0.158. The summed E-state index contributed by atoms with van der Waals surface area (Å²) in [5, 5.41) is 11.5. The number of rotatable bonds is 6. The Kier molecular flexibility index (Phi) is 5.07. The zero-order chi connectivity index (χ0) is 18.5. The molecule has 0 aliphatic heterocycles. The van der Waals surface area contributed by atoms with E-state index in [-0.39, 0.29) is 0 Å². The van der Waals surface area contributed by atoms with E-state index >= 15 is 0 Å². The van der Waals surface area contributed by atoms with Crippen LogP contribution >= 0.6 is 0 Å². The number of tetrazole rings is 1. The van der Waals surface area contributed by atoms with Gasteiger partial charge in [0.1, 0.15) is 11.5 Å². The minimum Gasteiger partial charge on any atom is -0.497 e. The number of methoxy groups -OCH3 is 2. The number of nitrogens with zero attached hydrogens (tertiary/aromatic N) is 4. The van der Waals surface area contributed by atoms with E-state index in [1.807, 2.05) is 48.5 Å². The molecule has 0 N–H and O–H groups in total. The maximum Gasteiger partial charge on any atom is 0.185 e. The molecule has 2 aromatic carbocycles. The van der Waals surface area contributed by atoms with E-state index in [9.17, 15) is 4.79 Å². The van der Waals surface area contributed by atoms with Gasteiger partial charge in [0.2, 0.25) is 0 Å². The Balaban J connectivity index is 2.24. The highest BCUT2D eigenvalue weighted by atomic mass is 16.5. The van der Waals surface area contributed by atoms with Crippen molar-refractivity contribution in [3.63, 3.8) is 0 Å². The molecular formula is C19H18N4O3. The van der Waals surface area contributed by atoms with Crippen LogP contribution in [-0.2, 0) is 11.8 Å². The third kappa shape index (κ3) is 3.32. The van der Waals surface area contributed by atoms with Gasteiger partial charge in [-0.15, -0.1) is 5.10 Å². The maximum absolute atomic E-state index is 12.0. The Hall–Kier alpha value is -3.48. The molecule has 26 heavy (non-hydrogen) atoms.